The summed E-state index contributed by atoms with van der Waals surface area (Å²) in [7, 11) is 1.57. The molecular weight excluding hydrogens is 374 g/mol. The number of nitrogens with zero attached hydrogens (tertiary/aromatic N) is 3. The van der Waals surface area contributed by atoms with Crippen molar-refractivity contribution in [1.82, 2.24) is 20.3 Å². The molecule has 1 unspecified atom stereocenters. The Balaban J connectivity index is 1.40. The molecule has 150 valence electrons. The summed E-state index contributed by atoms with van der Waals surface area (Å²) in [5.41, 5.74) is 3.77. The van der Waals surface area contributed by atoms with Gasteiger partial charge in [-0.05, 0) is 35.8 Å². The Labute approximate surface area is 167 Å². The number of rotatable bonds is 4. The number of ether oxygens (including phenoxy) is 1. The van der Waals surface area contributed by atoms with E-state index in [0.29, 0.717) is 37.0 Å². The number of carbonyl (C=O) groups is 2. The molecule has 0 aliphatic carbocycles. The van der Waals surface area contributed by atoms with Crippen LogP contribution in [-0.4, -0.2) is 53.1 Å². The number of pyridine rings is 2. The minimum Gasteiger partial charge on any atom is -0.463 e. The summed E-state index contributed by atoms with van der Waals surface area (Å²) in [5.74, 6) is 0.0240. The van der Waals surface area contributed by atoms with Crippen LogP contribution in [-0.2, 0) is 16.2 Å². The van der Waals surface area contributed by atoms with E-state index in [1.807, 2.05) is 17.2 Å². The van der Waals surface area contributed by atoms with E-state index in [1.54, 1.807) is 32.4 Å². The smallest absolute Gasteiger partial charge is 0.269 e. The van der Waals surface area contributed by atoms with Crippen molar-refractivity contribution in [3.63, 3.8) is 0 Å². The second-order valence-electron chi connectivity index (χ2n) is 6.78. The van der Waals surface area contributed by atoms with Gasteiger partial charge in [-0.1, -0.05) is 12.1 Å². The molecule has 0 radical (unpaired) electrons. The zero-order valence-corrected chi connectivity index (χ0v) is 16.1. The number of anilines is 1. The highest BCUT2D eigenvalue weighted by molar-refractivity contribution is 5.97. The fraction of sp³-hybridized carbons (Fsp3) is 0.300. The van der Waals surface area contributed by atoms with Gasteiger partial charge in [-0.15, -0.1) is 0 Å². The number of hydrogen-bond donors (Lipinski definition) is 2. The van der Waals surface area contributed by atoms with Crippen molar-refractivity contribution < 1.29 is 19.2 Å². The lowest BCUT2D eigenvalue weighted by atomic mass is 10.1. The molecule has 2 N–H and O–H groups in total. The number of hydroxylamine groups is 2. The average molecular weight is 395 g/mol. The predicted molar refractivity (Wildman–Crippen MR) is 105 cm³/mol. The van der Waals surface area contributed by atoms with Gasteiger partial charge in [0.05, 0.1) is 13.2 Å². The van der Waals surface area contributed by atoms with Gasteiger partial charge in [-0.25, -0.2) is 4.98 Å². The molecular formula is C20H21N5O4. The Kier molecular flexibility index (Phi) is 5.24. The van der Waals surface area contributed by atoms with Gasteiger partial charge in [0.1, 0.15) is 11.4 Å². The molecule has 0 saturated heterocycles. The monoisotopic (exact) mass is 395 g/mol. The first-order valence-electron chi connectivity index (χ1n) is 9.25. The minimum absolute atomic E-state index is 0.186. The molecule has 2 aliphatic heterocycles. The molecule has 1 atom stereocenters. The van der Waals surface area contributed by atoms with Crippen molar-refractivity contribution in [2.45, 2.75) is 19.6 Å². The van der Waals surface area contributed by atoms with Crippen LogP contribution in [0.4, 0.5) is 5.69 Å². The van der Waals surface area contributed by atoms with Crippen molar-refractivity contribution in [2.24, 2.45) is 0 Å². The summed E-state index contributed by atoms with van der Waals surface area (Å²) in [6, 6.07) is 5.40. The Morgan fingerprint density at radius 2 is 2.21 bits per heavy atom. The number of aromatic nitrogens is 2. The highest BCUT2D eigenvalue weighted by Gasteiger charge is 2.25. The first-order chi connectivity index (χ1) is 14.0. The third-order valence-corrected chi connectivity index (χ3v) is 4.72. The maximum atomic E-state index is 11.8. The summed E-state index contributed by atoms with van der Waals surface area (Å²) < 4.78 is 5.47. The second-order valence-corrected chi connectivity index (χ2v) is 6.78. The van der Waals surface area contributed by atoms with Gasteiger partial charge in [-0.2, -0.15) is 5.06 Å². The topological polar surface area (TPSA) is 106 Å². The maximum Gasteiger partial charge on any atom is 0.269 e. The van der Waals surface area contributed by atoms with Crippen LogP contribution < -0.4 is 15.4 Å². The van der Waals surface area contributed by atoms with Crippen LogP contribution in [0.25, 0.3) is 5.57 Å². The fourth-order valence-corrected chi connectivity index (χ4v) is 3.07. The van der Waals surface area contributed by atoms with Gasteiger partial charge in [-0.3, -0.25) is 19.4 Å². The molecule has 0 aromatic carbocycles. The number of fused-ring (bicyclic) bond motifs is 1. The van der Waals surface area contributed by atoms with Crippen LogP contribution in [0.15, 0.2) is 36.7 Å². The van der Waals surface area contributed by atoms with E-state index in [4.69, 9.17) is 9.57 Å². The minimum atomic E-state index is -0.547. The Hall–Kier alpha value is -3.30. The Bertz CT molecular complexity index is 973. The third-order valence-electron chi connectivity index (χ3n) is 4.72. The van der Waals surface area contributed by atoms with E-state index in [2.05, 4.69) is 26.7 Å². The van der Waals surface area contributed by atoms with Crippen molar-refractivity contribution in [2.75, 3.05) is 25.5 Å². The molecule has 2 aromatic heterocycles. The highest BCUT2D eigenvalue weighted by atomic mass is 16.7. The van der Waals surface area contributed by atoms with E-state index in [-0.39, 0.29) is 11.8 Å². The molecule has 4 heterocycles. The number of carbonyl (C=O) groups excluding carboxylic acids is 2. The van der Waals surface area contributed by atoms with Crippen LogP contribution in [0.1, 0.15) is 28.5 Å². The highest BCUT2D eigenvalue weighted by Crippen LogP contribution is 2.28. The normalized spacial score (nSPS) is 18.9. The Morgan fingerprint density at radius 1 is 1.34 bits per heavy atom. The lowest BCUT2D eigenvalue weighted by Gasteiger charge is -2.27. The molecule has 2 aromatic rings. The van der Waals surface area contributed by atoms with Crippen molar-refractivity contribution in [3.05, 3.63) is 53.5 Å². The second kappa shape index (κ2) is 7.98. The molecule has 0 spiro atoms. The lowest BCUT2D eigenvalue weighted by Crippen LogP contribution is -2.35. The van der Waals surface area contributed by atoms with E-state index >= 15 is 0 Å². The molecule has 9 nitrogen and oxygen atoms in total. The first-order valence-corrected chi connectivity index (χ1v) is 9.25. The maximum absolute atomic E-state index is 11.8. The molecule has 0 fully saturated rings. The zero-order valence-electron chi connectivity index (χ0n) is 16.1. The zero-order chi connectivity index (χ0) is 20.4. The molecule has 9 heteroatoms. The van der Waals surface area contributed by atoms with Gasteiger partial charge in [0.2, 0.25) is 5.88 Å². The Morgan fingerprint density at radius 3 is 2.90 bits per heavy atom. The van der Waals surface area contributed by atoms with Crippen LogP contribution in [0, 0.1) is 0 Å². The van der Waals surface area contributed by atoms with Crippen LogP contribution in [0.5, 0.6) is 5.88 Å². The number of amides is 2. The standard InChI is InChI=1S/C20H21N5O4/c1-12-18(26)24-17-7-13(8-23-20(17)29-12)10-25-6-5-15(11-28-25)14-3-4-16(22-9-14)19(27)21-2/h3-5,7-9,12H,6,10-11H2,1-2H3,(H,21,27)(H,24,26). The third kappa shape index (κ3) is 4.10. The predicted octanol–water partition coefficient (Wildman–Crippen LogP) is 1.39. The summed E-state index contributed by atoms with van der Waals surface area (Å²) in [5, 5.41) is 7.16. The number of nitrogens with one attached hydrogen (secondary N) is 2. The molecule has 0 saturated carbocycles. The van der Waals surface area contributed by atoms with Crippen molar-refractivity contribution in [3.8, 4) is 5.88 Å². The van der Waals surface area contributed by atoms with Gasteiger partial charge in [0.15, 0.2) is 6.10 Å². The summed E-state index contributed by atoms with van der Waals surface area (Å²) in [6.45, 7) is 3.19. The van der Waals surface area contributed by atoms with Gasteiger partial charge in [0.25, 0.3) is 11.8 Å². The summed E-state index contributed by atoms with van der Waals surface area (Å²) in [6.07, 6.45) is 4.91. The van der Waals surface area contributed by atoms with E-state index < -0.39 is 6.10 Å². The fourth-order valence-electron chi connectivity index (χ4n) is 3.07. The first kappa shape index (κ1) is 19.0. The molecule has 29 heavy (non-hydrogen) atoms. The van der Waals surface area contributed by atoms with Gasteiger partial charge >= 0.3 is 0 Å². The number of hydrogen-bond acceptors (Lipinski definition) is 7. The summed E-state index contributed by atoms with van der Waals surface area (Å²) >= 11 is 0. The van der Waals surface area contributed by atoms with Crippen molar-refractivity contribution >= 4 is 23.1 Å². The quantitative estimate of drug-likeness (QED) is 0.806. The van der Waals surface area contributed by atoms with E-state index in [0.717, 1.165) is 16.7 Å². The van der Waals surface area contributed by atoms with E-state index in [9.17, 15) is 9.59 Å². The van der Waals surface area contributed by atoms with Crippen LogP contribution in [0.3, 0.4) is 0 Å². The average Bonchev–Trinajstić information content (AvgIpc) is 2.75. The molecule has 2 amide bonds. The van der Waals surface area contributed by atoms with Crippen molar-refractivity contribution in [1.29, 1.82) is 0 Å². The molecule has 4 rings (SSSR count). The SMILES string of the molecule is CNC(=O)c1ccc(C2=CCN(Cc3cnc4c(c3)NC(=O)C(C)O4)OC2)cn1. The summed E-state index contributed by atoms with van der Waals surface area (Å²) in [4.78, 5) is 37.7. The molecule has 0 bridgehead atoms. The van der Waals surface area contributed by atoms with Crippen LogP contribution >= 0.6 is 0 Å². The largest absolute Gasteiger partial charge is 0.463 e. The van der Waals surface area contributed by atoms with Crippen LogP contribution in [0.2, 0.25) is 0 Å². The molecule has 2 aliphatic rings. The van der Waals surface area contributed by atoms with E-state index in [1.165, 1.54) is 0 Å². The van der Waals surface area contributed by atoms with Gasteiger partial charge < -0.3 is 15.4 Å². The van der Waals surface area contributed by atoms with Gasteiger partial charge in [0, 0.05) is 26.0 Å². The lowest BCUT2D eigenvalue weighted by molar-refractivity contribution is -0.150.